The number of halogens is 2. The lowest BCUT2D eigenvalue weighted by Crippen LogP contribution is -2.58. The minimum atomic E-state index is -0.830. The fraction of sp³-hybridized carbons (Fsp3) is 0.611. The average Bonchev–Trinajstić information content (AvgIpc) is 2.59. The molecule has 0 atom stereocenters. The molecule has 1 heterocycles. The molecule has 1 aliphatic rings. The van der Waals surface area contributed by atoms with E-state index >= 15 is 0 Å². The van der Waals surface area contributed by atoms with Crippen molar-refractivity contribution in [2.24, 2.45) is 5.73 Å². The largest absolute Gasteiger partial charge is 0.381 e. The van der Waals surface area contributed by atoms with Crippen LogP contribution >= 0.6 is 23.2 Å². The zero-order valence-corrected chi connectivity index (χ0v) is 15.8. The lowest BCUT2D eigenvalue weighted by Gasteiger charge is -2.36. The van der Waals surface area contributed by atoms with Crippen molar-refractivity contribution < 1.29 is 9.53 Å². The van der Waals surface area contributed by atoms with E-state index < -0.39 is 5.54 Å². The van der Waals surface area contributed by atoms with E-state index in [-0.39, 0.29) is 11.3 Å². The van der Waals surface area contributed by atoms with E-state index in [2.05, 4.69) is 19.2 Å². The molecule has 4 nitrogen and oxygen atoms in total. The highest BCUT2D eigenvalue weighted by Crippen LogP contribution is 2.35. The van der Waals surface area contributed by atoms with Crippen molar-refractivity contribution in [2.45, 2.75) is 50.5 Å². The molecule has 1 amide bonds. The van der Waals surface area contributed by atoms with Crippen LogP contribution in [0.1, 0.15) is 45.1 Å². The number of ether oxygens (including phenoxy) is 1. The van der Waals surface area contributed by atoms with Gasteiger partial charge in [0.15, 0.2) is 0 Å². The Hall–Kier alpha value is -0.810. The number of benzene rings is 1. The molecule has 0 bridgehead atoms. The molecule has 0 aromatic heterocycles. The Morgan fingerprint density at radius 3 is 2.42 bits per heavy atom. The molecule has 3 N–H and O–H groups in total. The van der Waals surface area contributed by atoms with E-state index in [0.717, 1.165) is 18.4 Å². The van der Waals surface area contributed by atoms with Gasteiger partial charge in [0.1, 0.15) is 0 Å². The third kappa shape index (κ3) is 4.05. The molecule has 2 rings (SSSR count). The Balaban J connectivity index is 2.15. The molecule has 1 saturated heterocycles. The Morgan fingerprint density at radius 1 is 1.25 bits per heavy atom. The third-order valence-electron chi connectivity index (χ3n) is 5.31. The maximum atomic E-state index is 12.6. The summed E-state index contributed by atoms with van der Waals surface area (Å²) in [5.41, 5.74) is 6.33. The number of rotatable bonds is 6. The lowest BCUT2D eigenvalue weighted by atomic mass is 9.75. The summed E-state index contributed by atoms with van der Waals surface area (Å²) in [6, 6.07) is 5.69. The zero-order valence-electron chi connectivity index (χ0n) is 14.3. The van der Waals surface area contributed by atoms with E-state index in [1.807, 2.05) is 18.2 Å². The molecular weight excluding hydrogens is 347 g/mol. The fourth-order valence-electron chi connectivity index (χ4n) is 3.22. The predicted octanol–water partition coefficient (Wildman–Crippen LogP) is 3.68. The first-order valence-corrected chi connectivity index (χ1v) is 9.23. The highest BCUT2D eigenvalue weighted by atomic mass is 35.5. The Bertz CT molecular complexity index is 582. The minimum Gasteiger partial charge on any atom is -0.381 e. The van der Waals surface area contributed by atoms with Gasteiger partial charge >= 0.3 is 0 Å². The smallest absolute Gasteiger partial charge is 0.240 e. The molecule has 1 aromatic carbocycles. The highest BCUT2D eigenvalue weighted by Gasteiger charge is 2.37. The van der Waals surface area contributed by atoms with E-state index in [1.165, 1.54) is 0 Å². The summed E-state index contributed by atoms with van der Waals surface area (Å²) in [6.07, 6.45) is 2.86. The first kappa shape index (κ1) is 19.5. The van der Waals surface area contributed by atoms with Gasteiger partial charge in [-0.3, -0.25) is 4.79 Å². The fourth-order valence-corrected chi connectivity index (χ4v) is 3.52. The molecule has 0 spiro atoms. The number of nitrogens with one attached hydrogen (secondary N) is 1. The molecule has 0 unspecified atom stereocenters. The molecule has 6 heteroatoms. The first-order valence-electron chi connectivity index (χ1n) is 8.47. The molecule has 1 aromatic rings. The summed E-state index contributed by atoms with van der Waals surface area (Å²) in [4.78, 5) is 12.6. The van der Waals surface area contributed by atoms with Crippen LogP contribution in [0, 0.1) is 0 Å². The second kappa shape index (κ2) is 8.05. The average molecular weight is 373 g/mol. The number of nitrogens with two attached hydrogens (primary N) is 1. The highest BCUT2D eigenvalue weighted by molar-refractivity contribution is 6.42. The van der Waals surface area contributed by atoms with Crippen molar-refractivity contribution >= 4 is 29.1 Å². The van der Waals surface area contributed by atoms with Gasteiger partial charge in [-0.1, -0.05) is 43.1 Å². The van der Waals surface area contributed by atoms with Gasteiger partial charge in [0, 0.05) is 25.2 Å². The normalized spacial score (nSPS) is 17.5. The van der Waals surface area contributed by atoms with Crippen molar-refractivity contribution in [3.63, 3.8) is 0 Å². The number of hydrogen-bond acceptors (Lipinski definition) is 3. The summed E-state index contributed by atoms with van der Waals surface area (Å²) in [5, 5.41) is 4.14. The second-order valence-corrected chi connectivity index (χ2v) is 7.38. The van der Waals surface area contributed by atoms with Crippen LogP contribution in [0.5, 0.6) is 0 Å². The SMILES string of the molecule is CCC(CC)(CNC(=O)C1(N)CCOCC1)c1ccc(Cl)c(Cl)c1. The van der Waals surface area contributed by atoms with Gasteiger partial charge in [-0.25, -0.2) is 0 Å². The molecule has 134 valence electrons. The third-order valence-corrected chi connectivity index (χ3v) is 6.05. The van der Waals surface area contributed by atoms with E-state index in [1.54, 1.807) is 0 Å². The van der Waals surface area contributed by atoms with Gasteiger partial charge in [0.2, 0.25) is 5.91 Å². The summed E-state index contributed by atoms with van der Waals surface area (Å²) in [7, 11) is 0. The van der Waals surface area contributed by atoms with Crippen molar-refractivity contribution in [1.29, 1.82) is 0 Å². The van der Waals surface area contributed by atoms with Crippen LogP contribution < -0.4 is 11.1 Å². The van der Waals surface area contributed by atoms with Gasteiger partial charge in [-0.15, -0.1) is 0 Å². The van der Waals surface area contributed by atoms with Crippen LogP contribution in [0.2, 0.25) is 10.0 Å². The van der Waals surface area contributed by atoms with Gasteiger partial charge in [-0.2, -0.15) is 0 Å². The van der Waals surface area contributed by atoms with E-state index in [4.69, 9.17) is 33.7 Å². The van der Waals surface area contributed by atoms with E-state index in [0.29, 0.717) is 42.6 Å². The zero-order chi connectivity index (χ0) is 17.8. The second-order valence-electron chi connectivity index (χ2n) is 6.57. The molecule has 0 radical (unpaired) electrons. The van der Waals surface area contributed by atoms with Gasteiger partial charge < -0.3 is 15.8 Å². The molecule has 0 aliphatic carbocycles. The lowest BCUT2D eigenvalue weighted by molar-refractivity contribution is -0.130. The molecule has 1 fully saturated rings. The predicted molar refractivity (Wildman–Crippen MR) is 98.7 cm³/mol. The van der Waals surface area contributed by atoms with Crippen LogP contribution in [-0.4, -0.2) is 31.2 Å². The Kier molecular flexibility index (Phi) is 6.54. The number of carbonyl (C=O) groups is 1. The summed E-state index contributed by atoms with van der Waals surface area (Å²) < 4.78 is 5.31. The summed E-state index contributed by atoms with van der Waals surface area (Å²) in [5.74, 6) is -0.0999. The minimum absolute atomic E-state index is 0.0999. The summed E-state index contributed by atoms with van der Waals surface area (Å²) >= 11 is 12.2. The van der Waals surface area contributed by atoms with Crippen LogP contribution in [0.4, 0.5) is 0 Å². The summed E-state index contributed by atoms with van der Waals surface area (Å²) in [6.45, 7) is 5.82. The Morgan fingerprint density at radius 2 is 1.88 bits per heavy atom. The quantitative estimate of drug-likeness (QED) is 0.800. The maximum Gasteiger partial charge on any atom is 0.240 e. The van der Waals surface area contributed by atoms with Crippen LogP contribution in [0.3, 0.4) is 0 Å². The van der Waals surface area contributed by atoms with Crippen molar-refractivity contribution in [3.8, 4) is 0 Å². The topological polar surface area (TPSA) is 64.4 Å². The van der Waals surface area contributed by atoms with Crippen molar-refractivity contribution in [2.75, 3.05) is 19.8 Å². The molecule has 24 heavy (non-hydrogen) atoms. The van der Waals surface area contributed by atoms with Crippen LogP contribution in [0.25, 0.3) is 0 Å². The van der Waals surface area contributed by atoms with Gasteiger partial charge in [-0.05, 0) is 43.4 Å². The maximum absolute atomic E-state index is 12.6. The van der Waals surface area contributed by atoms with Crippen LogP contribution in [0.15, 0.2) is 18.2 Å². The molecular formula is C18H26Cl2N2O2. The van der Waals surface area contributed by atoms with Crippen molar-refractivity contribution in [3.05, 3.63) is 33.8 Å². The van der Waals surface area contributed by atoms with Gasteiger partial charge in [0.05, 0.1) is 15.6 Å². The monoisotopic (exact) mass is 372 g/mol. The van der Waals surface area contributed by atoms with E-state index in [9.17, 15) is 4.79 Å². The first-order chi connectivity index (χ1) is 11.4. The number of amides is 1. The van der Waals surface area contributed by atoms with Crippen LogP contribution in [-0.2, 0) is 14.9 Å². The number of hydrogen-bond donors (Lipinski definition) is 2. The molecule has 0 saturated carbocycles. The standard InChI is InChI=1S/C18H26Cl2N2O2/c1-3-17(4-2,13-5-6-14(19)15(20)11-13)12-22-16(23)18(21)7-9-24-10-8-18/h5-6,11H,3-4,7-10,12,21H2,1-2H3,(H,22,23). The number of carbonyl (C=O) groups excluding carboxylic acids is 1. The molecule has 1 aliphatic heterocycles. The van der Waals surface area contributed by atoms with Gasteiger partial charge in [0.25, 0.3) is 0 Å². The van der Waals surface area contributed by atoms with Crippen molar-refractivity contribution in [1.82, 2.24) is 5.32 Å². The Labute approximate surface area is 154 Å².